The Labute approximate surface area is 192 Å². The first-order valence-corrected chi connectivity index (χ1v) is 9.48. The van der Waals surface area contributed by atoms with E-state index >= 15 is 0 Å². The van der Waals surface area contributed by atoms with Gasteiger partial charge in [-0.2, -0.15) is 0 Å². The van der Waals surface area contributed by atoms with E-state index in [1.807, 2.05) is 0 Å². The number of phenolic OH excluding ortho intramolecular Hbond substituents is 2. The quantitative estimate of drug-likeness (QED) is 0.561. The van der Waals surface area contributed by atoms with E-state index in [2.05, 4.69) is 5.32 Å². The van der Waals surface area contributed by atoms with Crippen molar-refractivity contribution in [2.24, 2.45) is 0 Å². The molecule has 8 nitrogen and oxygen atoms in total. The average molecular weight is 464 g/mol. The van der Waals surface area contributed by atoms with Gasteiger partial charge < -0.3 is 34.5 Å². The number of methoxy groups -OCH3 is 4. The molecule has 0 spiro atoms. The standard InChI is InChI=1S/C23H25NO7.ClH/c1-28-17-7-13(8-18(29-2)22(17)26)5-15-11-24-12-16(21(15)25)6-14-9-19(30-3)23(27)20(10-14)31-4;/h5-10,24,26-27H,11-12H2,1-4H3;1H/b15-5+,16-6+;. The van der Waals surface area contributed by atoms with Crippen LogP contribution in [0.3, 0.4) is 0 Å². The lowest BCUT2D eigenvalue weighted by Crippen LogP contribution is -2.32. The van der Waals surface area contributed by atoms with Crippen molar-refractivity contribution in [2.75, 3.05) is 41.5 Å². The number of ether oxygens (including phenoxy) is 4. The summed E-state index contributed by atoms with van der Waals surface area (Å²) in [6, 6.07) is 6.52. The molecule has 1 aliphatic heterocycles. The Bertz CT molecular complexity index is 931. The predicted molar refractivity (Wildman–Crippen MR) is 124 cm³/mol. The number of nitrogens with one attached hydrogen (secondary N) is 1. The van der Waals surface area contributed by atoms with Crippen LogP contribution in [0.2, 0.25) is 0 Å². The smallest absolute Gasteiger partial charge is 0.200 e. The maximum Gasteiger partial charge on any atom is 0.200 e. The number of carbonyl (C=O) groups excluding carboxylic acids is 1. The molecular weight excluding hydrogens is 438 g/mol. The van der Waals surface area contributed by atoms with Gasteiger partial charge in [0, 0.05) is 24.2 Å². The van der Waals surface area contributed by atoms with Gasteiger partial charge in [-0.15, -0.1) is 12.4 Å². The van der Waals surface area contributed by atoms with Crippen LogP contribution in [0.1, 0.15) is 11.1 Å². The van der Waals surface area contributed by atoms with E-state index in [1.54, 1.807) is 36.4 Å². The van der Waals surface area contributed by atoms with Crippen molar-refractivity contribution in [2.45, 2.75) is 0 Å². The van der Waals surface area contributed by atoms with E-state index < -0.39 is 0 Å². The Morgan fingerprint density at radius 2 is 1.03 bits per heavy atom. The molecule has 1 saturated heterocycles. The largest absolute Gasteiger partial charge is 0.502 e. The molecule has 0 amide bonds. The van der Waals surface area contributed by atoms with E-state index in [4.69, 9.17) is 18.9 Å². The molecule has 3 N–H and O–H groups in total. The SMILES string of the molecule is COc1cc(/C=C2\CNC/C(=C\c3cc(OC)c(O)c(OC)c3)C2=O)cc(OC)c1O.Cl. The number of benzene rings is 2. The van der Waals surface area contributed by atoms with Crippen molar-refractivity contribution in [3.8, 4) is 34.5 Å². The highest BCUT2D eigenvalue weighted by Gasteiger charge is 2.21. The van der Waals surface area contributed by atoms with Gasteiger partial charge in [-0.05, 0) is 47.5 Å². The summed E-state index contributed by atoms with van der Waals surface area (Å²) in [5.41, 5.74) is 2.41. The Balaban J connectivity index is 0.00000363. The molecule has 0 aliphatic carbocycles. The lowest BCUT2D eigenvalue weighted by atomic mass is 9.95. The van der Waals surface area contributed by atoms with Gasteiger partial charge in [0.15, 0.2) is 28.8 Å². The minimum absolute atomic E-state index is 0. The number of carbonyl (C=O) groups is 1. The van der Waals surface area contributed by atoms with Crippen LogP contribution in [0.5, 0.6) is 34.5 Å². The number of piperidine rings is 1. The van der Waals surface area contributed by atoms with E-state index in [1.165, 1.54) is 28.4 Å². The topological polar surface area (TPSA) is 106 Å². The molecule has 172 valence electrons. The monoisotopic (exact) mass is 463 g/mol. The molecule has 3 rings (SSSR count). The maximum absolute atomic E-state index is 13.1. The average Bonchev–Trinajstić information content (AvgIpc) is 2.78. The third kappa shape index (κ3) is 5.09. The van der Waals surface area contributed by atoms with Crippen LogP contribution < -0.4 is 24.3 Å². The summed E-state index contributed by atoms with van der Waals surface area (Å²) in [7, 11) is 5.78. The van der Waals surface area contributed by atoms with Crippen molar-refractivity contribution in [3.63, 3.8) is 0 Å². The summed E-state index contributed by atoms with van der Waals surface area (Å²) < 4.78 is 20.7. The zero-order valence-electron chi connectivity index (χ0n) is 18.2. The predicted octanol–water partition coefficient (Wildman–Crippen LogP) is 3.19. The van der Waals surface area contributed by atoms with E-state index in [0.29, 0.717) is 35.4 Å². The summed E-state index contributed by atoms with van der Waals surface area (Å²) in [6.07, 6.45) is 3.45. The normalized spacial score (nSPS) is 15.9. The fourth-order valence-electron chi connectivity index (χ4n) is 3.33. The van der Waals surface area contributed by atoms with Crippen molar-refractivity contribution in [3.05, 3.63) is 46.5 Å². The molecule has 0 bridgehead atoms. The van der Waals surface area contributed by atoms with E-state index in [0.717, 1.165) is 0 Å². The molecule has 1 heterocycles. The number of Topliss-reactive ketones (excluding diaryl/α,β-unsaturated/α-hetero) is 1. The van der Waals surface area contributed by atoms with Crippen molar-refractivity contribution < 1.29 is 34.0 Å². The van der Waals surface area contributed by atoms with Crippen molar-refractivity contribution in [1.29, 1.82) is 0 Å². The summed E-state index contributed by atoms with van der Waals surface area (Å²) in [5, 5.41) is 23.4. The maximum atomic E-state index is 13.1. The van der Waals surface area contributed by atoms with Crippen LogP contribution in [0.25, 0.3) is 12.2 Å². The molecule has 0 saturated carbocycles. The fraction of sp³-hybridized carbons (Fsp3) is 0.261. The van der Waals surface area contributed by atoms with Crippen LogP contribution in [0, 0.1) is 0 Å². The molecule has 1 fully saturated rings. The lowest BCUT2D eigenvalue weighted by Gasteiger charge is -2.19. The highest BCUT2D eigenvalue weighted by molar-refractivity contribution is 6.14. The molecule has 2 aromatic rings. The number of ketones is 1. The zero-order chi connectivity index (χ0) is 22.5. The second-order valence-corrected chi connectivity index (χ2v) is 6.82. The Kier molecular flexibility index (Phi) is 8.40. The highest BCUT2D eigenvalue weighted by atomic mass is 35.5. The second kappa shape index (κ2) is 10.8. The molecular formula is C23H26ClNO7. The van der Waals surface area contributed by atoms with Crippen LogP contribution in [0.15, 0.2) is 35.4 Å². The van der Waals surface area contributed by atoms with Gasteiger partial charge in [0.2, 0.25) is 11.5 Å². The van der Waals surface area contributed by atoms with Crippen LogP contribution in [-0.2, 0) is 4.79 Å². The summed E-state index contributed by atoms with van der Waals surface area (Å²) in [5.74, 6) is 0.689. The first-order chi connectivity index (χ1) is 14.9. The minimum atomic E-state index is -0.115. The van der Waals surface area contributed by atoms with Gasteiger partial charge >= 0.3 is 0 Å². The highest BCUT2D eigenvalue weighted by Crippen LogP contribution is 2.39. The van der Waals surface area contributed by atoms with Crippen molar-refractivity contribution >= 4 is 30.3 Å². The van der Waals surface area contributed by atoms with Crippen molar-refractivity contribution in [1.82, 2.24) is 5.32 Å². The first kappa shape index (κ1) is 24.9. The van der Waals surface area contributed by atoms with Gasteiger partial charge in [0.25, 0.3) is 0 Å². The van der Waals surface area contributed by atoms with Crippen LogP contribution in [-0.4, -0.2) is 57.5 Å². The van der Waals surface area contributed by atoms with E-state index in [-0.39, 0.29) is 52.7 Å². The third-order valence-electron chi connectivity index (χ3n) is 4.90. The molecule has 9 heteroatoms. The van der Waals surface area contributed by atoms with Gasteiger partial charge in [-0.1, -0.05) is 0 Å². The number of rotatable bonds is 6. The molecule has 0 aromatic heterocycles. The zero-order valence-corrected chi connectivity index (χ0v) is 19.0. The second-order valence-electron chi connectivity index (χ2n) is 6.82. The van der Waals surface area contributed by atoms with Gasteiger partial charge in [-0.25, -0.2) is 0 Å². The number of aromatic hydroxyl groups is 2. The molecule has 32 heavy (non-hydrogen) atoms. The Hall–Kier alpha value is -3.36. The van der Waals surface area contributed by atoms with Gasteiger partial charge in [0.05, 0.1) is 28.4 Å². The number of hydrogen-bond acceptors (Lipinski definition) is 8. The molecule has 0 radical (unpaired) electrons. The van der Waals surface area contributed by atoms with E-state index in [9.17, 15) is 15.0 Å². The van der Waals surface area contributed by atoms with Gasteiger partial charge in [0.1, 0.15) is 0 Å². The number of halogens is 1. The lowest BCUT2D eigenvalue weighted by molar-refractivity contribution is -0.112. The van der Waals surface area contributed by atoms with Crippen LogP contribution in [0.4, 0.5) is 0 Å². The molecule has 0 atom stereocenters. The number of hydrogen-bond donors (Lipinski definition) is 3. The summed E-state index contributed by atoms with van der Waals surface area (Å²) in [4.78, 5) is 13.1. The fourth-order valence-corrected chi connectivity index (χ4v) is 3.33. The third-order valence-corrected chi connectivity index (χ3v) is 4.90. The Morgan fingerprint density at radius 3 is 1.31 bits per heavy atom. The number of phenols is 2. The molecule has 1 aliphatic rings. The van der Waals surface area contributed by atoms with Gasteiger partial charge in [-0.3, -0.25) is 4.79 Å². The minimum Gasteiger partial charge on any atom is -0.502 e. The first-order valence-electron chi connectivity index (χ1n) is 9.48. The van der Waals surface area contributed by atoms with Crippen LogP contribution >= 0.6 is 12.4 Å². The summed E-state index contributed by atoms with van der Waals surface area (Å²) in [6.45, 7) is 0.786. The molecule has 2 aromatic carbocycles. The Morgan fingerprint density at radius 1 is 0.719 bits per heavy atom. The summed E-state index contributed by atoms with van der Waals surface area (Å²) >= 11 is 0. The molecule has 0 unspecified atom stereocenters.